The monoisotopic (exact) mass is 474 g/mol. The van der Waals surface area contributed by atoms with Gasteiger partial charge in [0.05, 0.1) is 16.8 Å². The Morgan fingerprint density at radius 1 is 0.939 bits per heavy atom. The van der Waals surface area contributed by atoms with E-state index in [2.05, 4.69) is 4.72 Å². The highest BCUT2D eigenvalue weighted by atomic mass is 32.2. The van der Waals surface area contributed by atoms with E-state index in [1.54, 1.807) is 18.2 Å². The van der Waals surface area contributed by atoms with Crippen molar-refractivity contribution >= 4 is 32.7 Å². The van der Waals surface area contributed by atoms with Gasteiger partial charge in [0.2, 0.25) is 0 Å². The molecule has 0 spiro atoms. The molecule has 0 aliphatic rings. The number of hydrogen-bond donors (Lipinski definition) is 3. The van der Waals surface area contributed by atoms with Crippen molar-refractivity contribution in [3.8, 4) is 16.8 Å². The number of benzene rings is 3. The molecule has 170 valence electrons. The van der Waals surface area contributed by atoms with Crippen LogP contribution in [-0.4, -0.2) is 18.9 Å². The molecule has 5 N–H and O–H groups in total. The van der Waals surface area contributed by atoms with Crippen molar-refractivity contribution < 1.29 is 26.4 Å². The van der Waals surface area contributed by atoms with Crippen molar-refractivity contribution in [2.75, 3.05) is 4.72 Å². The average Bonchev–Trinajstić information content (AvgIpc) is 3.11. The normalized spacial score (nSPS) is 12.1. The molecule has 0 radical (unpaired) electrons. The van der Waals surface area contributed by atoms with Gasteiger partial charge in [0, 0.05) is 11.1 Å². The van der Waals surface area contributed by atoms with Crippen molar-refractivity contribution in [2.45, 2.75) is 6.18 Å². The highest BCUT2D eigenvalue weighted by Crippen LogP contribution is 2.38. The second-order valence-corrected chi connectivity index (χ2v) is 8.54. The topological polar surface area (TPSA) is 120 Å². The van der Waals surface area contributed by atoms with Crippen LogP contribution in [0.15, 0.2) is 72.8 Å². The van der Waals surface area contributed by atoms with Gasteiger partial charge in [-0.25, -0.2) is 5.14 Å². The number of hydrogen-bond acceptors (Lipinski definition) is 3. The Balaban J connectivity index is 1.94. The van der Waals surface area contributed by atoms with Crippen LogP contribution in [0.5, 0.6) is 0 Å². The summed E-state index contributed by atoms with van der Waals surface area (Å²) in [7, 11) is -4.05. The van der Waals surface area contributed by atoms with E-state index in [0.29, 0.717) is 16.6 Å². The van der Waals surface area contributed by atoms with Gasteiger partial charge in [0.25, 0.3) is 16.1 Å². The van der Waals surface area contributed by atoms with E-state index in [4.69, 9.17) is 10.9 Å². The molecule has 0 bridgehead atoms. The van der Waals surface area contributed by atoms with Gasteiger partial charge in [-0.3, -0.25) is 9.52 Å². The first kappa shape index (κ1) is 22.4. The highest BCUT2D eigenvalue weighted by molar-refractivity contribution is 7.90. The van der Waals surface area contributed by atoms with E-state index in [-0.39, 0.29) is 22.5 Å². The maximum atomic E-state index is 13.5. The van der Waals surface area contributed by atoms with Gasteiger partial charge in [0.15, 0.2) is 0 Å². The van der Waals surface area contributed by atoms with Gasteiger partial charge < -0.3 is 10.3 Å². The number of rotatable bonds is 5. The molecule has 33 heavy (non-hydrogen) atoms. The molecule has 11 heteroatoms. The maximum Gasteiger partial charge on any atom is 0.417 e. The number of anilines is 1. The van der Waals surface area contributed by atoms with Crippen LogP contribution in [0.25, 0.3) is 27.7 Å². The summed E-state index contributed by atoms with van der Waals surface area (Å²) >= 11 is 0. The molecule has 0 saturated carbocycles. The van der Waals surface area contributed by atoms with Gasteiger partial charge in [-0.15, -0.1) is 0 Å². The first-order valence-corrected chi connectivity index (χ1v) is 11.0. The van der Waals surface area contributed by atoms with E-state index in [9.17, 15) is 26.4 Å². The summed E-state index contributed by atoms with van der Waals surface area (Å²) in [5, 5.41) is 5.60. The van der Waals surface area contributed by atoms with Gasteiger partial charge >= 0.3 is 6.18 Å². The zero-order valence-electron chi connectivity index (χ0n) is 16.8. The molecule has 1 heterocycles. The summed E-state index contributed by atoms with van der Waals surface area (Å²) in [5.41, 5.74) is 5.97. The molecule has 4 aromatic rings. The van der Waals surface area contributed by atoms with Crippen LogP contribution in [0.4, 0.5) is 18.9 Å². The zero-order valence-corrected chi connectivity index (χ0v) is 17.6. The third-order valence-electron chi connectivity index (χ3n) is 4.96. The number of nitrogens with one attached hydrogen (secondary N) is 1. The molecular weight excluding hydrogens is 457 g/mol. The molecule has 1 aromatic heterocycles. The second kappa shape index (κ2) is 7.94. The highest BCUT2D eigenvalue weighted by Gasteiger charge is 2.33. The third kappa shape index (κ3) is 4.54. The summed E-state index contributed by atoms with van der Waals surface area (Å²) in [6.45, 7) is 0. The number of carbonyl (C=O) groups is 1. The van der Waals surface area contributed by atoms with Crippen LogP contribution in [0.1, 0.15) is 16.1 Å². The fourth-order valence-electron chi connectivity index (χ4n) is 3.68. The standard InChI is InChI=1S/C22H17F3N4O3S/c23-22(24,25)18-7-2-1-6-17(18)13-4-3-5-16(10-13)29-19-12-15(28-33(27,31)32)9-8-14(19)11-20(29)21(26)30/h1-12,28H,(H2,26,30)(H2,27,31,32). The van der Waals surface area contributed by atoms with Crippen molar-refractivity contribution in [1.82, 2.24) is 4.57 Å². The lowest BCUT2D eigenvalue weighted by Gasteiger charge is -2.15. The first-order valence-electron chi connectivity index (χ1n) is 9.47. The quantitative estimate of drug-likeness (QED) is 0.405. The van der Waals surface area contributed by atoms with Crippen LogP contribution in [0, 0.1) is 0 Å². The SMILES string of the molecule is NC(=O)c1cc2ccc(NS(N)(=O)=O)cc2n1-c1cccc(-c2ccccc2C(F)(F)F)c1. The minimum Gasteiger partial charge on any atom is -0.364 e. The van der Waals surface area contributed by atoms with Crippen LogP contribution >= 0.6 is 0 Å². The number of primary amides is 1. The van der Waals surface area contributed by atoms with Crippen LogP contribution < -0.4 is 15.6 Å². The zero-order chi connectivity index (χ0) is 24.0. The Kier molecular flexibility index (Phi) is 5.38. The molecule has 1 amide bonds. The number of fused-ring (bicyclic) bond motifs is 1. The predicted molar refractivity (Wildman–Crippen MR) is 119 cm³/mol. The van der Waals surface area contributed by atoms with Crippen molar-refractivity contribution in [1.29, 1.82) is 0 Å². The molecule has 3 aromatic carbocycles. The molecule has 0 aliphatic heterocycles. The van der Waals surface area contributed by atoms with Crippen LogP contribution in [-0.2, 0) is 16.4 Å². The van der Waals surface area contributed by atoms with E-state index < -0.39 is 27.9 Å². The van der Waals surface area contributed by atoms with Crippen molar-refractivity contribution in [2.24, 2.45) is 10.9 Å². The second-order valence-electron chi connectivity index (χ2n) is 7.24. The molecular formula is C22H17F3N4O3S. The molecule has 0 unspecified atom stereocenters. The number of amides is 1. The predicted octanol–water partition coefficient (Wildman–Crippen LogP) is 4.03. The summed E-state index contributed by atoms with van der Waals surface area (Å²) in [5.74, 6) is -0.770. The smallest absolute Gasteiger partial charge is 0.364 e. The van der Waals surface area contributed by atoms with E-state index in [1.807, 2.05) is 0 Å². The molecule has 0 saturated heterocycles. The Hall–Kier alpha value is -3.83. The lowest BCUT2D eigenvalue weighted by Crippen LogP contribution is -2.21. The number of aromatic nitrogens is 1. The van der Waals surface area contributed by atoms with Gasteiger partial charge in [-0.1, -0.05) is 36.4 Å². The summed E-state index contributed by atoms with van der Waals surface area (Å²) < 4.78 is 67.0. The lowest BCUT2D eigenvalue weighted by molar-refractivity contribution is -0.137. The minimum absolute atomic E-state index is 0.0273. The first-order chi connectivity index (χ1) is 15.4. The number of nitrogens with two attached hydrogens (primary N) is 2. The summed E-state index contributed by atoms with van der Waals surface area (Å²) in [4.78, 5) is 12.1. The fourth-order valence-corrected chi connectivity index (χ4v) is 4.14. The number of carbonyl (C=O) groups excluding carboxylic acids is 1. The Labute approximate surface area is 186 Å². The van der Waals surface area contributed by atoms with E-state index >= 15 is 0 Å². The van der Waals surface area contributed by atoms with Crippen LogP contribution in [0.2, 0.25) is 0 Å². The number of alkyl halides is 3. The largest absolute Gasteiger partial charge is 0.417 e. The van der Waals surface area contributed by atoms with E-state index in [1.165, 1.54) is 53.1 Å². The Bertz CT molecular complexity index is 1490. The molecule has 7 nitrogen and oxygen atoms in total. The van der Waals surface area contributed by atoms with Crippen molar-refractivity contribution in [3.05, 3.63) is 84.1 Å². The van der Waals surface area contributed by atoms with E-state index in [0.717, 1.165) is 6.07 Å². The van der Waals surface area contributed by atoms with Gasteiger partial charge in [-0.2, -0.15) is 21.6 Å². The molecule has 4 rings (SSSR count). The van der Waals surface area contributed by atoms with Gasteiger partial charge in [-0.05, 0) is 47.5 Å². The van der Waals surface area contributed by atoms with Crippen molar-refractivity contribution in [3.63, 3.8) is 0 Å². The third-order valence-corrected chi connectivity index (χ3v) is 5.49. The number of nitrogens with zero attached hydrogens (tertiary/aromatic N) is 1. The average molecular weight is 474 g/mol. The van der Waals surface area contributed by atoms with Gasteiger partial charge in [0.1, 0.15) is 5.69 Å². The molecule has 0 atom stereocenters. The maximum absolute atomic E-state index is 13.5. The Morgan fingerprint density at radius 3 is 2.33 bits per heavy atom. The molecule has 0 fully saturated rings. The fraction of sp³-hybridized carbons (Fsp3) is 0.0455. The Morgan fingerprint density at radius 2 is 1.67 bits per heavy atom. The summed E-state index contributed by atoms with van der Waals surface area (Å²) in [6, 6.07) is 17.3. The van der Waals surface area contributed by atoms with Crippen LogP contribution in [0.3, 0.4) is 0 Å². The summed E-state index contributed by atoms with van der Waals surface area (Å²) in [6.07, 6.45) is -4.56. The molecule has 0 aliphatic carbocycles. The minimum atomic E-state index is -4.56. The lowest BCUT2D eigenvalue weighted by atomic mass is 9.99. The number of halogens is 3.